The summed E-state index contributed by atoms with van der Waals surface area (Å²) in [5, 5.41) is 22.2. The molecule has 0 radical (unpaired) electrons. The van der Waals surface area contributed by atoms with Crippen molar-refractivity contribution in [3.8, 4) is 6.07 Å². The summed E-state index contributed by atoms with van der Waals surface area (Å²) in [5.74, 6) is 0.828. The molecule has 0 aliphatic heterocycles. The molecule has 1 rings (SSSR count). The number of nitrogens with zero attached hydrogens (tertiary/aromatic N) is 1. The fraction of sp³-hybridized carbons (Fsp3) is 0.923. The molecule has 3 heteroatoms. The SMILES string of the molecule is CCC1CCC(O)(CNCC(C)C#N)CC1. The van der Waals surface area contributed by atoms with E-state index in [-0.39, 0.29) is 5.92 Å². The van der Waals surface area contributed by atoms with Gasteiger partial charge in [0.15, 0.2) is 0 Å². The molecule has 0 spiro atoms. The van der Waals surface area contributed by atoms with Crippen molar-refractivity contribution in [1.82, 2.24) is 5.32 Å². The largest absolute Gasteiger partial charge is 0.389 e. The van der Waals surface area contributed by atoms with Crippen LogP contribution in [0, 0.1) is 23.2 Å². The Hall–Kier alpha value is -0.590. The van der Waals surface area contributed by atoms with Gasteiger partial charge in [0.05, 0.1) is 17.6 Å². The van der Waals surface area contributed by atoms with E-state index >= 15 is 0 Å². The van der Waals surface area contributed by atoms with Gasteiger partial charge in [0.25, 0.3) is 0 Å². The molecule has 0 aromatic heterocycles. The first-order valence-electron chi connectivity index (χ1n) is 6.42. The molecule has 16 heavy (non-hydrogen) atoms. The highest BCUT2D eigenvalue weighted by atomic mass is 16.3. The van der Waals surface area contributed by atoms with Crippen LogP contribution in [0.1, 0.15) is 46.0 Å². The van der Waals surface area contributed by atoms with Crippen LogP contribution in [0.4, 0.5) is 0 Å². The van der Waals surface area contributed by atoms with Gasteiger partial charge < -0.3 is 10.4 Å². The molecule has 0 aromatic carbocycles. The van der Waals surface area contributed by atoms with Crippen LogP contribution >= 0.6 is 0 Å². The summed E-state index contributed by atoms with van der Waals surface area (Å²) in [7, 11) is 0. The van der Waals surface area contributed by atoms with Crippen molar-refractivity contribution in [3.05, 3.63) is 0 Å². The van der Waals surface area contributed by atoms with Crippen LogP contribution < -0.4 is 5.32 Å². The first-order chi connectivity index (χ1) is 7.59. The summed E-state index contributed by atoms with van der Waals surface area (Å²) in [6.07, 6.45) is 5.32. The highest BCUT2D eigenvalue weighted by Crippen LogP contribution is 2.33. The zero-order valence-electron chi connectivity index (χ0n) is 10.5. The second-order valence-corrected chi connectivity index (χ2v) is 5.24. The van der Waals surface area contributed by atoms with Crippen LogP contribution in [-0.4, -0.2) is 23.8 Å². The van der Waals surface area contributed by atoms with Gasteiger partial charge in [-0.3, -0.25) is 0 Å². The van der Waals surface area contributed by atoms with E-state index in [1.54, 1.807) is 0 Å². The molecule has 1 fully saturated rings. The monoisotopic (exact) mass is 224 g/mol. The van der Waals surface area contributed by atoms with Crippen molar-refractivity contribution in [3.63, 3.8) is 0 Å². The average molecular weight is 224 g/mol. The van der Waals surface area contributed by atoms with E-state index in [1.165, 1.54) is 6.42 Å². The first kappa shape index (κ1) is 13.5. The molecule has 1 aliphatic carbocycles. The van der Waals surface area contributed by atoms with E-state index in [1.807, 2.05) is 6.92 Å². The number of nitrogens with one attached hydrogen (secondary N) is 1. The molecule has 0 aromatic rings. The minimum absolute atomic E-state index is 0.0237. The molecule has 0 bridgehead atoms. The molecule has 1 atom stereocenters. The molecule has 1 unspecified atom stereocenters. The smallest absolute Gasteiger partial charge is 0.0771 e. The quantitative estimate of drug-likeness (QED) is 0.751. The van der Waals surface area contributed by atoms with Crippen molar-refractivity contribution >= 4 is 0 Å². The normalized spacial score (nSPS) is 32.0. The molecular formula is C13H24N2O. The highest BCUT2D eigenvalue weighted by molar-refractivity contribution is 4.88. The first-order valence-corrected chi connectivity index (χ1v) is 6.42. The molecule has 2 N–H and O–H groups in total. The van der Waals surface area contributed by atoms with Crippen molar-refractivity contribution in [1.29, 1.82) is 5.26 Å². The third-order valence-corrected chi connectivity index (χ3v) is 3.74. The van der Waals surface area contributed by atoms with Crippen LogP contribution in [-0.2, 0) is 0 Å². The third kappa shape index (κ3) is 4.11. The molecule has 3 nitrogen and oxygen atoms in total. The van der Waals surface area contributed by atoms with E-state index in [4.69, 9.17) is 5.26 Å². The van der Waals surface area contributed by atoms with Crippen molar-refractivity contribution in [2.24, 2.45) is 11.8 Å². The Labute approximate surface area is 98.8 Å². The number of rotatable bonds is 5. The maximum absolute atomic E-state index is 10.3. The maximum Gasteiger partial charge on any atom is 0.0771 e. The van der Waals surface area contributed by atoms with Gasteiger partial charge in [0.1, 0.15) is 0 Å². The van der Waals surface area contributed by atoms with Gasteiger partial charge in [0, 0.05) is 13.1 Å². The third-order valence-electron chi connectivity index (χ3n) is 3.74. The van der Waals surface area contributed by atoms with Gasteiger partial charge in [-0.2, -0.15) is 5.26 Å². The van der Waals surface area contributed by atoms with Gasteiger partial charge in [-0.1, -0.05) is 13.3 Å². The Kier molecular flexibility index (Phi) is 5.24. The Bertz CT molecular complexity index is 239. The zero-order valence-corrected chi connectivity index (χ0v) is 10.5. The van der Waals surface area contributed by atoms with Crippen LogP contribution in [0.2, 0.25) is 0 Å². The summed E-state index contributed by atoms with van der Waals surface area (Å²) in [4.78, 5) is 0. The van der Waals surface area contributed by atoms with Gasteiger partial charge >= 0.3 is 0 Å². The standard InChI is InChI=1S/C13H24N2O/c1-3-12-4-6-13(16,7-5-12)10-15-9-11(2)8-14/h11-12,15-16H,3-7,9-10H2,1-2H3. The fourth-order valence-electron chi connectivity index (χ4n) is 2.37. The minimum atomic E-state index is -0.527. The maximum atomic E-state index is 10.3. The number of aliphatic hydroxyl groups is 1. The lowest BCUT2D eigenvalue weighted by atomic mass is 9.78. The second-order valence-electron chi connectivity index (χ2n) is 5.24. The molecule has 1 saturated carbocycles. The van der Waals surface area contributed by atoms with E-state index in [9.17, 15) is 5.11 Å². The predicted octanol–water partition coefficient (Wildman–Crippen LogP) is 2.07. The van der Waals surface area contributed by atoms with Crippen LogP contribution in [0.25, 0.3) is 0 Å². The molecule has 1 aliphatic rings. The molecule has 92 valence electrons. The lowest BCUT2D eigenvalue weighted by Gasteiger charge is -2.36. The van der Waals surface area contributed by atoms with Crippen molar-refractivity contribution < 1.29 is 5.11 Å². The van der Waals surface area contributed by atoms with Crippen LogP contribution in [0.15, 0.2) is 0 Å². The van der Waals surface area contributed by atoms with Crippen LogP contribution in [0.3, 0.4) is 0 Å². The summed E-state index contributed by atoms with van der Waals surface area (Å²) >= 11 is 0. The van der Waals surface area contributed by atoms with Crippen LogP contribution in [0.5, 0.6) is 0 Å². The van der Waals surface area contributed by atoms with Crippen molar-refractivity contribution in [2.45, 2.75) is 51.6 Å². The number of hydrogen-bond donors (Lipinski definition) is 2. The molecule has 0 heterocycles. The Balaban J connectivity index is 2.24. The molecular weight excluding hydrogens is 200 g/mol. The van der Waals surface area contributed by atoms with Gasteiger partial charge in [-0.25, -0.2) is 0 Å². The van der Waals surface area contributed by atoms with E-state index in [0.29, 0.717) is 13.1 Å². The van der Waals surface area contributed by atoms with Gasteiger partial charge in [-0.15, -0.1) is 0 Å². The second kappa shape index (κ2) is 6.22. The lowest BCUT2D eigenvalue weighted by Crippen LogP contribution is -2.44. The Morgan fingerprint density at radius 2 is 2.12 bits per heavy atom. The number of hydrogen-bond acceptors (Lipinski definition) is 3. The molecule has 0 amide bonds. The molecule has 0 saturated heterocycles. The summed E-state index contributed by atoms with van der Waals surface area (Å²) < 4.78 is 0. The highest BCUT2D eigenvalue weighted by Gasteiger charge is 2.32. The Morgan fingerprint density at radius 1 is 1.50 bits per heavy atom. The number of nitriles is 1. The minimum Gasteiger partial charge on any atom is -0.389 e. The summed E-state index contributed by atoms with van der Waals surface area (Å²) in [6, 6.07) is 2.19. The average Bonchev–Trinajstić information content (AvgIpc) is 2.30. The van der Waals surface area contributed by atoms with Gasteiger partial charge in [-0.05, 0) is 38.5 Å². The summed E-state index contributed by atoms with van der Waals surface area (Å²) in [6.45, 7) is 5.43. The van der Waals surface area contributed by atoms with Gasteiger partial charge in [0.2, 0.25) is 0 Å². The topological polar surface area (TPSA) is 56.0 Å². The predicted molar refractivity (Wildman–Crippen MR) is 64.8 cm³/mol. The lowest BCUT2D eigenvalue weighted by molar-refractivity contribution is -0.00871. The van der Waals surface area contributed by atoms with E-state index in [0.717, 1.165) is 31.6 Å². The van der Waals surface area contributed by atoms with E-state index in [2.05, 4.69) is 18.3 Å². The van der Waals surface area contributed by atoms with E-state index < -0.39 is 5.60 Å². The summed E-state index contributed by atoms with van der Waals surface area (Å²) in [5.41, 5.74) is -0.527. The zero-order chi connectivity index (χ0) is 12.0. The Morgan fingerprint density at radius 3 is 2.62 bits per heavy atom. The van der Waals surface area contributed by atoms with Crippen molar-refractivity contribution in [2.75, 3.05) is 13.1 Å². The fourth-order valence-corrected chi connectivity index (χ4v) is 2.37.